The third kappa shape index (κ3) is 3.64. The summed E-state index contributed by atoms with van der Waals surface area (Å²) >= 11 is 0. The van der Waals surface area contributed by atoms with Gasteiger partial charge >= 0.3 is 0 Å². The summed E-state index contributed by atoms with van der Waals surface area (Å²) < 4.78 is 12.9. The fraction of sp³-hybridized carbons (Fsp3) is 0.529. The molecule has 0 aromatic heterocycles. The average Bonchev–Trinajstić information content (AvgIpc) is 2.82. The van der Waals surface area contributed by atoms with Crippen molar-refractivity contribution in [1.82, 2.24) is 4.90 Å². The van der Waals surface area contributed by atoms with E-state index in [-0.39, 0.29) is 11.7 Å². The molecule has 118 valence electrons. The van der Waals surface area contributed by atoms with Crippen molar-refractivity contribution in [2.75, 3.05) is 13.1 Å². The molecule has 1 amide bonds. The summed E-state index contributed by atoms with van der Waals surface area (Å²) in [5.41, 5.74) is 1.83. The number of rotatable bonds is 3. The predicted molar refractivity (Wildman–Crippen MR) is 82.1 cm³/mol. The van der Waals surface area contributed by atoms with Gasteiger partial charge in [0.25, 0.3) is 5.91 Å². The number of carbonyl (C=O) groups is 1. The van der Waals surface area contributed by atoms with Crippen molar-refractivity contribution in [2.24, 2.45) is 5.16 Å². The van der Waals surface area contributed by atoms with Crippen LogP contribution in [0.4, 0.5) is 4.39 Å². The standard InChI is InChI=1S/C17H21FN2O2/c18-14-7-5-13(6-8-14)11-15-12-16(22-19-15)17(21)20-9-3-1-2-4-10-20/h5-8,16H,1-4,9-12H2. The van der Waals surface area contributed by atoms with Crippen molar-refractivity contribution < 1.29 is 14.0 Å². The van der Waals surface area contributed by atoms with Crippen LogP contribution in [0.15, 0.2) is 29.4 Å². The Balaban J connectivity index is 1.54. The highest BCUT2D eigenvalue weighted by atomic mass is 19.1. The molecule has 4 nitrogen and oxygen atoms in total. The molecule has 1 unspecified atom stereocenters. The van der Waals surface area contributed by atoms with E-state index in [1.807, 2.05) is 4.90 Å². The van der Waals surface area contributed by atoms with Crippen molar-refractivity contribution in [3.8, 4) is 0 Å². The Kier molecular flexibility index (Phi) is 4.71. The van der Waals surface area contributed by atoms with Crippen LogP contribution < -0.4 is 0 Å². The molecule has 1 aromatic carbocycles. The Morgan fingerprint density at radius 1 is 1.18 bits per heavy atom. The third-order valence-electron chi connectivity index (χ3n) is 4.24. The van der Waals surface area contributed by atoms with Crippen LogP contribution in [-0.2, 0) is 16.1 Å². The molecule has 1 aromatic rings. The molecule has 22 heavy (non-hydrogen) atoms. The second-order valence-electron chi connectivity index (χ2n) is 6.00. The van der Waals surface area contributed by atoms with Crippen LogP contribution in [0.3, 0.4) is 0 Å². The lowest BCUT2D eigenvalue weighted by atomic mass is 10.0. The minimum atomic E-state index is -0.478. The zero-order chi connectivity index (χ0) is 15.4. The van der Waals surface area contributed by atoms with Gasteiger partial charge in [-0.05, 0) is 30.5 Å². The van der Waals surface area contributed by atoms with E-state index >= 15 is 0 Å². The molecular weight excluding hydrogens is 283 g/mol. The molecule has 0 saturated carbocycles. The van der Waals surface area contributed by atoms with Gasteiger partial charge < -0.3 is 9.74 Å². The highest BCUT2D eigenvalue weighted by Gasteiger charge is 2.31. The molecule has 0 radical (unpaired) electrons. The van der Waals surface area contributed by atoms with Gasteiger partial charge in [-0.1, -0.05) is 30.1 Å². The number of benzene rings is 1. The first-order valence-corrected chi connectivity index (χ1v) is 7.97. The van der Waals surface area contributed by atoms with Gasteiger partial charge in [0.15, 0.2) is 0 Å². The van der Waals surface area contributed by atoms with E-state index in [1.54, 1.807) is 12.1 Å². The molecule has 5 heteroatoms. The topological polar surface area (TPSA) is 41.9 Å². The van der Waals surface area contributed by atoms with Crippen molar-refractivity contribution in [3.05, 3.63) is 35.6 Å². The van der Waals surface area contributed by atoms with Gasteiger partial charge in [-0.25, -0.2) is 4.39 Å². The lowest BCUT2D eigenvalue weighted by Gasteiger charge is -2.22. The number of halogens is 1. The Morgan fingerprint density at radius 2 is 1.86 bits per heavy atom. The molecule has 0 aliphatic carbocycles. The zero-order valence-corrected chi connectivity index (χ0v) is 12.6. The summed E-state index contributed by atoms with van der Waals surface area (Å²) in [4.78, 5) is 19.7. The van der Waals surface area contributed by atoms with Gasteiger partial charge in [0.1, 0.15) is 5.82 Å². The molecule has 3 rings (SSSR count). The van der Waals surface area contributed by atoms with Crippen molar-refractivity contribution in [3.63, 3.8) is 0 Å². The number of carbonyl (C=O) groups excluding carboxylic acids is 1. The maximum absolute atomic E-state index is 12.9. The van der Waals surface area contributed by atoms with E-state index in [0.29, 0.717) is 12.8 Å². The van der Waals surface area contributed by atoms with Gasteiger partial charge in [0.2, 0.25) is 6.10 Å². The fourth-order valence-electron chi connectivity index (χ4n) is 3.00. The predicted octanol–water partition coefficient (Wildman–Crippen LogP) is 2.92. The molecule has 0 spiro atoms. The molecule has 0 N–H and O–H groups in total. The molecular formula is C17H21FN2O2. The van der Waals surface area contributed by atoms with Crippen LogP contribution in [0.2, 0.25) is 0 Å². The highest BCUT2D eigenvalue weighted by Crippen LogP contribution is 2.19. The Bertz CT molecular complexity index is 548. The Morgan fingerprint density at radius 3 is 2.55 bits per heavy atom. The smallest absolute Gasteiger partial charge is 0.266 e. The van der Waals surface area contributed by atoms with Crippen molar-refractivity contribution >= 4 is 11.6 Å². The summed E-state index contributed by atoms with van der Waals surface area (Å²) in [6.07, 6.45) is 5.19. The van der Waals surface area contributed by atoms with E-state index < -0.39 is 6.10 Å². The van der Waals surface area contributed by atoms with E-state index in [2.05, 4.69) is 5.16 Å². The molecule has 0 bridgehead atoms. The summed E-state index contributed by atoms with van der Waals surface area (Å²) in [5.74, 6) is -0.192. The average molecular weight is 304 g/mol. The largest absolute Gasteiger partial charge is 0.382 e. The third-order valence-corrected chi connectivity index (χ3v) is 4.24. The molecule has 2 aliphatic rings. The first-order chi connectivity index (χ1) is 10.7. The lowest BCUT2D eigenvalue weighted by Crippen LogP contribution is -2.39. The van der Waals surface area contributed by atoms with Gasteiger partial charge in [-0.15, -0.1) is 0 Å². The molecule has 1 atom stereocenters. The number of amides is 1. The molecule has 1 saturated heterocycles. The lowest BCUT2D eigenvalue weighted by molar-refractivity contribution is -0.142. The maximum atomic E-state index is 12.9. The monoisotopic (exact) mass is 304 g/mol. The quantitative estimate of drug-likeness (QED) is 0.861. The summed E-state index contributed by atoms with van der Waals surface area (Å²) in [5, 5.41) is 4.05. The van der Waals surface area contributed by atoms with Gasteiger partial charge in [0.05, 0.1) is 5.71 Å². The normalized spacial score (nSPS) is 22.0. The first kappa shape index (κ1) is 15.0. The van der Waals surface area contributed by atoms with Crippen LogP contribution in [-0.4, -0.2) is 35.7 Å². The molecule has 2 heterocycles. The molecule has 2 aliphatic heterocycles. The van der Waals surface area contributed by atoms with E-state index in [1.165, 1.54) is 25.0 Å². The van der Waals surface area contributed by atoms with E-state index in [4.69, 9.17) is 4.84 Å². The number of oxime groups is 1. The van der Waals surface area contributed by atoms with Crippen LogP contribution in [0, 0.1) is 5.82 Å². The summed E-state index contributed by atoms with van der Waals surface area (Å²) in [7, 11) is 0. The van der Waals surface area contributed by atoms with Gasteiger partial charge in [-0.3, -0.25) is 4.79 Å². The Labute approximate surface area is 129 Å². The van der Waals surface area contributed by atoms with Gasteiger partial charge in [-0.2, -0.15) is 0 Å². The van der Waals surface area contributed by atoms with E-state index in [9.17, 15) is 9.18 Å². The number of hydrogen-bond donors (Lipinski definition) is 0. The second-order valence-corrected chi connectivity index (χ2v) is 6.00. The highest BCUT2D eigenvalue weighted by molar-refractivity contribution is 5.93. The molecule has 1 fully saturated rings. The first-order valence-electron chi connectivity index (χ1n) is 7.97. The maximum Gasteiger partial charge on any atom is 0.266 e. The SMILES string of the molecule is O=C(C1CC(Cc2ccc(F)cc2)=NO1)N1CCCCCC1. The fourth-order valence-corrected chi connectivity index (χ4v) is 3.00. The van der Waals surface area contributed by atoms with Crippen LogP contribution in [0.5, 0.6) is 0 Å². The van der Waals surface area contributed by atoms with Crippen LogP contribution in [0.1, 0.15) is 37.7 Å². The number of hydrogen-bond acceptors (Lipinski definition) is 3. The summed E-state index contributed by atoms with van der Waals surface area (Å²) in [6, 6.07) is 6.35. The van der Waals surface area contributed by atoms with Gasteiger partial charge in [0, 0.05) is 25.9 Å². The van der Waals surface area contributed by atoms with Crippen molar-refractivity contribution in [1.29, 1.82) is 0 Å². The number of likely N-dealkylation sites (tertiary alicyclic amines) is 1. The Hall–Kier alpha value is -1.91. The van der Waals surface area contributed by atoms with Crippen molar-refractivity contribution in [2.45, 2.75) is 44.6 Å². The summed E-state index contributed by atoms with van der Waals surface area (Å²) in [6.45, 7) is 1.65. The minimum absolute atomic E-state index is 0.0553. The van der Waals surface area contributed by atoms with E-state index in [0.717, 1.165) is 37.2 Å². The zero-order valence-electron chi connectivity index (χ0n) is 12.6. The van der Waals surface area contributed by atoms with Crippen LogP contribution >= 0.6 is 0 Å². The number of nitrogens with zero attached hydrogens (tertiary/aromatic N) is 2. The second kappa shape index (κ2) is 6.90. The minimum Gasteiger partial charge on any atom is -0.382 e. The van der Waals surface area contributed by atoms with Crippen LogP contribution in [0.25, 0.3) is 0 Å².